The molecular weight excluding hydrogens is 542 g/mol. The summed E-state index contributed by atoms with van der Waals surface area (Å²) in [6.45, 7) is 2.23. The monoisotopic (exact) mass is 579 g/mol. The summed E-state index contributed by atoms with van der Waals surface area (Å²) < 4.78 is 0. The van der Waals surface area contributed by atoms with Gasteiger partial charge in [0.25, 0.3) is 0 Å². The van der Waals surface area contributed by atoms with Crippen LogP contribution in [0.4, 0.5) is 11.4 Å². The number of rotatable bonds is 10. The van der Waals surface area contributed by atoms with Crippen LogP contribution in [0.25, 0.3) is 29.9 Å². The summed E-state index contributed by atoms with van der Waals surface area (Å²) in [5.41, 5.74) is 11.8. The van der Waals surface area contributed by atoms with Crippen LogP contribution in [0.15, 0.2) is 170 Å². The van der Waals surface area contributed by atoms with Crippen LogP contribution in [0, 0.1) is 0 Å². The van der Waals surface area contributed by atoms with E-state index in [-0.39, 0.29) is 0 Å². The van der Waals surface area contributed by atoms with Crippen molar-refractivity contribution in [3.63, 3.8) is 0 Å². The Morgan fingerprint density at radius 3 is 1.38 bits per heavy atom. The highest BCUT2D eigenvalue weighted by Gasteiger charge is 2.15. The second kappa shape index (κ2) is 14.7. The summed E-state index contributed by atoms with van der Waals surface area (Å²) in [5.74, 6) is 0. The van der Waals surface area contributed by atoms with Gasteiger partial charge in [-0.1, -0.05) is 171 Å². The summed E-state index contributed by atoms with van der Waals surface area (Å²) in [4.78, 5) is 2.35. The molecule has 0 atom stereocenters. The van der Waals surface area contributed by atoms with Gasteiger partial charge in [0, 0.05) is 23.1 Å². The average Bonchev–Trinajstić information content (AvgIpc) is 3.12. The molecule has 0 radical (unpaired) electrons. The Hall–Kier alpha value is -5.66. The molecule has 0 aromatic heterocycles. The summed E-state index contributed by atoms with van der Waals surface area (Å²) in [6.07, 6.45) is 11.9. The van der Waals surface area contributed by atoms with Crippen molar-refractivity contribution in [3.8, 4) is 0 Å². The Morgan fingerprint density at radius 2 is 0.889 bits per heavy atom. The van der Waals surface area contributed by atoms with Crippen LogP contribution in [0.5, 0.6) is 0 Å². The summed E-state index contributed by atoms with van der Waals surface area (Å²) in [6, 6.07) is 57.8. The van der Waals surface area contributed by atoms with E-state index in [1.807, 2.05) is 6.07 Å². The van der Waals surface area contributed by atoms with E-state index in [4.69, 9.17) is 0 Å². The molecular formula is C44H37N. The van der Waals surface area contributed by atoms with Gasteiger partial charge in [-0.05, 0) is 69.6 Å². The molecule has 45 heavy (non-hydrogen) atoms. The third kappa shape index (κ3) is 7.65. The summed E-state index contributed by atoms with van der Waals surface area (Å²) in [5, 5.41) is 0. The van der Waals surface area contributed by atoms with Crippen LogP contribution in [-0.2, 0) is 6.42 Å². The van der Waals surface area contributed by atoms with Crippen molar-refractivity contribution in [2.45, 2.75) is 13.3 Å². The quantitative estimate of drug-likeness (QED) is 0.146. The van der Waals surface area contributed by atoms with Crippen molar-refractivity contribution in [3.05, 3.63) is 209 Å². The number of benzene rings is 6. The minimum atomic E-state index is 0.913. The molecule has 0 bridgehead atoms. The summed E-state index contributed by atoms with van der Waals surface area (Å²) in [7, 11) is 0. The maximum Gasteiger partial charge on any atom is 0.0488 e. The standard InChI is InChI=1S/C44H37N/c1-2-39-33-38(26-25-36-17-9-4-10-18-36)29-32-44(39)45(34-43(40-19-11-5-12-20-40)41-21-13-6-14-22-41)42-30-27-37(28-31-42)24-23-35-15-7-3-8-16-35/h3-34H,2H2,1H3. The van der Waals surface area contributed by atoms with Gasteiger partial charge in [0.1, 0.15) is 0 Å². The van der Waals surface area contributed by atoms with Crippen LogP contribution in [0.1, 0.15) is 45.9 Å². The van der Waals surface area contributed by atoms with Gasteiger partial charge in [0.05, 0.1) is 0 Å². The highest BCUT2D eigenvalue weighted by Crippen LogP contribution is 2.35. The van der Waals surface area contributed by atoms with Crippen LogP contribution < -0.4 is 4.90 Å². The van der Waals surface area contributed by atoms with E-state index in [0.717, 1.165) is 17.7 Å². The highest BCUT2D eigenvalue weighted by atomic mass is 15.1. The number of hydrogen-bond acceptors (Lipinski definition) is 1. The first kappa shape index (κ1) is 29.4. The van der Waals surface area contributed by atoms with Gasteiger partial charge in [-0.15, -0.1) is 0 Å². The fraction of sp³-hybridized carbons (Fsp3) is 0.0455. The predicted molar refractivity (Wildman–Crippen MR) is 195 cm³/mol. The van der Waals surface area contributed by atoms with Gasteiger partial charge in [0.15, 0.2) is 0 Å². The second-order valence-corrected chi connectivity index (χ2v) is 11.0. The average molecular weight is 580 g/mol. The molecule has 0 heterocycles. The zero-order valence-electron chi connectivity index (χ0n) is 25.6. The van der Waals surface area contributed by atoms with Crippen molar-refractivity contribution < 1.29 is 0 Å². The van der Waals surface area contributed by atoms with E-state index < -0.39 is 0 Å². The number of nitrogens with zero attached hydrogens (tertiary/aromatic N) is 1. The van der Waals surface area contributed by atoms with Crippen molar-refractivity contribution in [2.75, 3.05) is 4.90 Å². The minimum Gasteiger partial charge on any atom is -0.316 e. The number of anilines is 2. The molecule has 0 unspecified atom stereocenters. The Kier molecular flexibility index (Phi) is 9.60. The molecule has 1 nitrogen and oxygen atoms in total. The Labute approximate surface area is 267 Å². The molecule has 0 aliphatic heterocycles. The van der Waals surface area contributed by atoms with E-state index in [0.29, 0.717) is 0 Å². The molecule has 1 heteroatoms. The molecule has 0 spiro atoms. The lowest BCUT2D eigenvalue weighted by Gasteiger charge is -2.26. The van der Waals surface area contributed by atoms with Crippen LogP contribution in [0.2, 0.25) is 0 Å². The molecule has 0 fully saturated rings. The molecule has 6 aromatic rings. The van der Waals surface area contributed by atoms with E-state index in [1.54, 1.807) is 0 Å². The van der Waals surface area contributed by atoms with E-state index in [1.165, 1.54) is 44.6 Å². The topological polar surface area (TPSA) is 3.24 Å². The highest BCUT2D eigenvalue weighted by molar-refractivity contribution is 5.85. The van der Waals surface area contributed by atoms with Gasteiger partial charge < -0.3 is 4.90 Å². The minimum absolute atomic E-state index is 0.913. The van der Waals surface area contributed by atoms with Crippen molar-refractivity contribution in [2.24, 2.45) is 0 Å². The molecule has 218 valence electrons. The molecule has 0 N–H and O–H groups in total. The number of hydrogen-bond donors (Lipinski definition) is 0. The molecule has 0 amide bonds. The van der Waals surface area contributed by atoms with E-state index >= 15 is 0 Å². The van der Waals surface area contributed by atoms with Gasteiger partial charge in [-0.3, -0.25) is 0 Å². The molecule has 0 saturated heterocycles. The van der Waals surface area contributed by atoms with E-state index in [2.05, 4.69) is 200 Å². The second-order valence-electron chi connectivity index (χ2n) is 11.0. The van der Waals surface area contributed by atoms with Crippen LogP contribution in [-0.4, -0.2) is 0 Å². The van der Waals surface area contributed by atoms with Crippen molar-refractivity contribution >= 4 is 41.3 Å². The van der Waals surface area contributed by atoms with Gasteiger partial charge in [-0.25, -0.2) is 0 Å². The first-order chi connectivity index (χ1) is 22.3. The molecule has 0 aliphatic rings. The first-order valence-corrected chi connectivity index (χ1v) is 15.6. The summed E-state index contributed by atoms with van der Waals surface area (Å²) >= 11 is 0. The Morgan fingerprint density at radius 1 is 0.467 bits per heavy atom. The van der Waals surface area contributed by atoms with Crippen LogP contribution in [0.3, 0.4) is 0 Å². The smallest absolute Gasteiger partial charge is 0.0488 e. The van der Waals surface area contributed by atoms with Crippen LogP contribution >= 0.6 is 0 Å². The van der Waals surface area contributed by atoms with Gasteiger partial charge in [-0.2, -0.15) is 0 Å². The zero-order valence-corrected chi connectivity index (χ0v) is 25.6. The lowest BCUT2D eigenvalue weighted by molar-refractivity contribution is 1.11. The molecule has 6 rings (SSSR count). The maximum atomic E-state index is 2.35. The number of aryl methyl sites for hydroxylation is 1. The molecule has 6 aromatic carbocycles. The largest absolute Gasteiger partial charge is 0.316 e. The zero-order chi connectivity index (χ0) is 30.7. The predicted octanol–water partition coefficient (Wildman–Crippen LogP) is 11.8. The third-order valence-electron chi connectivity index (χ3n) is 7.88. The lowest BCUT2D eigenvalue weighted by atomic mass is 9.98. The maximum absolute atomic E-state index is 2.35. The SMILES string of the molecule is CCc1cc(C=Cc2ccccc2)ccc1N(C=C(c1ccccc1)c1ccccc1)c1ccc(C=Cc2ccccc2)cc1. The van der Waals surface area contributed by atoms with Gasteiger partial charge in [0.2, 0.25) is 0 Å². The Bertz CT molecular complexity index is 1840. The lowest BCUT2D eigenvalue weighted by Crippen LogP contribution is -2.12. The van der Waals surface area contributed by atoms with Crippen molar-refractivity contribution in [1.29, 1.82) is 0 Å². The van der Waals surface area contributed by atoms with Gasteiger partial charge >= 0.3 is 0 Å². The third-order valence-corrected chi connectivity index (χ3v) is 7.88. The fourth-order valence-electron chi connectivity index (χ4n) is 5.45. The fourth-order valence-corrected chi connectivity index (χ4v) is 5.45. The molecule has 0 aliphatic carbocycles. The van der Waals surface area contributed by atoms with Crippen molar-refractivity contribution in [1.82, 2.24) is 0 Å². The van der Waals surface area contributed by atoms with E-state index in [9.17, 15) is 0 Å². The molecule has 0 saturated carbocycles. The first-order valence-electron chi connectivity index (χ1n) is 15.6. The Balaban J connectivity index is 1.43. The normalized spacial score (nSPS) is 11.1.